The first kappa shape index (κ1) is 11.9. The smallest absolute Gasteiger partial charge is 0.171 e. The van der Waals surface area contributed by atoms with E-state index in [0.717, 1.165) is 26.2 Å². The Kier molecular flexibility index (Phi) is 5.40. The van der Waals surface area contributed by atoms with Crippen molar-refractivity contribution in [3.05, 3.63) is 0 Å². The molecule has 2 unspecified atom stereocenters. The molecule has 1 heterocycles. The first-order valence-electron chi connectivity index (χ1n) is 5.14. The van der Waals surface area contributed by atoms with Gasteiger partial charge in [-0.15, -0.1) is 0 Å². The van der Waals surface area contributed by atoms with Gasteiger partial charge in [0.1, 0.15) is 0 Å². The minimum Gasteiger partial charge on any atom is -0.381 e. The first-order valence-corrected chi connectivity index (χ1v) is 5.14. The van der Waals surface area contributed by atoms with Crippen molar-refractivity contribution in [1.82, 2.24) is 5.32 Å². The van der Waals surface area contributed by atoms with Gasteiger partial charge in [0.25, 0.3) is 0 Å². The second-order valence-corrected chi connectivity index (χ2v) is 3.77. The lowest BCUT2D eigenvalue weighted by Crippen LogP contribution is -2.41. The molecular weight excluding hydrogens is 182 g/mol. The predicted molar refractivity (Wildman–Crippen MR) is 54.2 cm³/mol. The van der Waals surface area contributed by atoms with Crippen LogP contribution in [-0.4, -0.2) is 46.3 Å². The van der Waals surface area contributed by atoms with Gasteiger partial charge >= 0.3 is 0 Å². The van der Waals surface area contributed by atoms with Crippen molar-refractivity contribution in [2.24, 2.45) is 5.92 Å². The van der Waals surface area contributed by atoms with Crippen molar-refractivity contribution >= 4 is 0 Å². The molecule has 0 bridgehead atoms. The molecule has 0 aromatic carbocycles. The maximum absolute atomic E-state index is 5.30. The Morgan fingerprint density at radius 2 is 2.14 bits per heavy atom. The maximum atomic E-state index is 5.30. The van der Waals surface area contributed by atoms with Crippen LogP contribution in [-0.2, 0) is 14.2 Å². The monoisotopic (exact) mass is 203 g/mol. The Morgan fingerprint density at radius 3 is 2.64 bits per heavy atom. The van der Waals surface area contributed by atoms with Crippen LogP contribution in [0.5, 0.6) is 0 Å². The van der Waals surface area contributed by atoms with Crippen molar-refractivity contribution in [2.75, 3.05) is 34.0 Å². The van der Waals surface area contributed by atoms with E-state index in [1.54, 1.807) is 14.2 Å². The average Bonchev–Trinajstić information content (AvgIpc) is 2.69. The molecule has 14 heavy (non-hydrogen) atoms. The third-order valence-electron chi connectivity index (χ3n) is 2.63. The molecule has 0 aromatic rings. The number of hydrogen-bond acceptors (Lipinski definition) is 4. The summed E-state index contributed by atoms with van der Waals surface area (Å²) in [5.41, 5.74) is 0. The molecule has 1 fully saturated rings. The summed E-state index contributed by atoms with van der Waals surface area (Å²) in [6, 6.07) is 0.214. The third kappa shape index (κ3) is 3.53. The van der Waals surface area contributed by atoms with Crippen LogP contribution in [0.15, 0.2) is 0 Å². The normalized spacial score (nSPS) is 24.4. The zero-order chi connectivity index (χ0) is 10.4. The Morgan fingerprint density at radius 1 is 1.43 bits per heavy atom. The zero-order valence-corrected chi connectivity index (χ0v) is 9.29. The van der Waals surface area contributed by atoms with Crippen LogP contribution in [0.4, 0.5) is 0 Å². The van der Waals surface area contributed by atoms with Crippen molar-refractivity contribution < 1.29 is 14.2 Å². The molecule has 0 saturated carbocycles. The number of hydrogen-bond donors (Lipinski definition) is 1. The van der Waals surface area contributed by atoms with Gasteiger partial charge in [0.15, 0.2) is 6.29 Å². The minimum absolute atomic E-state index is 0.169. The van der Waals surface area contributed by atoms with E-state index in [9.17, 15) is 0 Å². The molecule has 0 aliphatic carbocycles. The molecule has 0 spiro atoms. The molecule has 0 aromatic heterocycles. The van der Waals surface area contributed by atoms with Crippen LogP contribution in [0.25, 0.3) is 0 Å². The van der Waals surface area contributed by atoms with Crippen LogP contribution < -0.4 is 5.32 Å². The van der Waals surface area contributed by atoms with Gasteiger partial charge in [-0.05, 0) is 19.3 Å². The maximum Gasteiger partial charge on any atom is 0.171 e. The molecule has 84 valence electrons. The summed E-state index contributed by atoms with van der Waals surface area (Å²) in [6.45, 7) is 4.82. The molecule has 0 amide bonds. The van der Waals surface area contributed by atoms with Crippen LogP contribution >= 0.6 is 0 Å². The van der Waals surface area contributed by atoms with E-state index >= 15 is 0 Å². The lowest BCUT2D eigenvalue weighted by molar-refractivity contribution is -0.119. The largest absolute Gasteiger partial charge is 0.381 e. The van der Waals surface area contributed by atoms with E-state index in [-0.39, 0.29) is 12.3 Å². The van der Waals surface area contributed by atoms with Gasteiger partial charge in [0.05, 0.1) is 12.6 Å². The Hall–Kier alpha value is -0.160. The summed E-state index contributed by atoms with van der Waals surface area (Å²) in [5.74, 6) is 0.645. The molecule has 0 radical (unpaired) electrons. The van der Waals surface area contributed by atoms with Crippen molar-refractivity contribution in [3.63, 3.8) is 0 Å². The first-order chi connectivity index (χ1) is 6.77. The molecule has 2 atom stereocenters. The van der Waals surface area contributed by atoms with Crippen LogP contribution in [0.1, 0.15) is 13.3 Å². The molecule has 1 aliphatic heterocycles. The summed E-state index contributed by atoms with van der Waals surface area (Å²) in [4.78, 5) is 0. The molecule has 1 N–H and O–H groups in total. The van der Waals surface area contributed by atoms with Crippen LogP contribution in [0.2, 0.25) is 0 Å². The highest BCUT2D eigenvalue weighted by molar-refractivity contribution is 4.71. The predicted octanol–water partition coefficient (Wildman–Crippen LogP) is 0.620. The van der Waals surface area contributed by atoms with E-state index in [1.807, 2.05) is 0 Å². The highest BCUT2D eigenvalue weighted by Crippen LogP contribution is 2.11. The molecule has 4 nitrogen and oxygen atoms in total. The zero-order valence-electron chi connectivity index (χ0n) is 9.29. The summed E-state index contributed by atoms with van der Waals surface area (Å²) < 4.78 is 15.6. The minimum atomic E-state index is -0.169. The Bertz CT molecular complexity index is 144. The fourth-order valence-electron chi connectivity index (χ4n) is 1.70. The van der Waals surface area contributed by atoms with Crippen LogP contribution in [0.3, 0.4) is 0 Å². The molecule has 1 aliphatic rings. The summed E-state index contributed by atoms with van der Waals surface area (Å²) >= 11 is 0. The molecule has 1 rings (SSSR count). The highest BCUT2D eigenvalue weighted by atomic mass is 16.7. The summed E-state index contributed by atoms with van der Waals surface area (Å²) in [5, 5.41) is 3.40. The third-order valence-corrected chi connectivity index (χ3v) is 2.63. The van der Waals surface area contributed by atoms with Gasteiger partial charge in [-0.3, -0.25) is 0 Å². The van der Waals surface area contributed by atoms with E-state index in [2.05, 4.69) is 12.2 Å². The number of ether oxygens (including phenoxy) is 3. The van der Waals surface area contributed by atoms with Gasteiger partial charge < -0.3 is 19.5 Å². The van der Waals surface area contributed by atoms with Crippen molar-refractivity contribution in [3.8, 4) is 0 Å². The highest BCUT2D eigenvalue weighted by Gasteiger charge is 2.19. The van der Waals surface area contributed by atoms with Gasteiger partial charge in [-0.2, -0.15) is 0 Å². The topological polar surface area (TPSA) is 39.7 Å². The van der Waals surface area contributed by atoms with Crippen LogP contribution in [0, 0.1) is 5.92 Å². The fourth-order valence-corrected chi connectivity index (χ4v) is 1.70. The second kappa shape index (κ2) is 6.35. The van der Waals surface area contributed by atoms with E-state index in [1.165, 1.54) is 0 Å². The fraction of sp³-hybridized carbons (Fsp3) is 1.00. The lowest BCUT2D eigenvalue weighted by atomic mass is 10.1. The molecular formula is C10H21NO3. The van der Waals surface area contributed by atoms with Gasteiger partial charge in [-0.25, -0.2) is 0 Å². The summed E-state index contributed by atoms with van der Waals surface area (Å²) in [7, 11) is 3.32. The standard InChI is InChI=1S/C10H21NO3/c1-8(10(12-2)13-3)11-6-9-4-5-14-7-9/h8-11H,4-7H2,1-3H3. The van der Waals surface area contributed by atoms with Crippen molar-refractivity contribution in [2.45, 2.75) is 25.7 Å². The second-order valence-electron chi connectivity index (χ2n) is 3.77. The van der Waals surface area contributed by atoms with E-state index in [0.29, 0.717) is 5.92 Å². The summed E-state index contributed by atoms with van der Waals surface area (Å²) in [6.07, 6.45) is 0.988. The number of rotatable bonds is 6. The van der Waals surface area contributed by atoms with E-state index < -0.39 is 0 Å². The Balaban J connectivity index is 2.15. The van der Waals surface area contributed by atoms with E-state index in [4.69, 9.17) is 14.2 Å². The van der Waals surface area contributed by atoms with Crippen molar-refractivity contribution in [1.29, 1.82) is 0 Å². The van der Waals surface area contributed by atoms with Gasteiger partial charge in [-0.1, -0.05) is 0 Å². The quantitative estimate of drug-likeness (QED) is 0.642. The molecule has 4 heteroatoms. The van der Waals surface area contributed by atoms with Gasteiger partial charge in [0.2, 0.25) is 0 Å². The SMILES string of the molecule is COC(OC)C(C)NCC1CCOC1. The lowest BCUT2D eigenvalue weighted by Gasteiger charge is -2.23. The number of nitrogens with one attached hydrogen (secondary N) is 1. The average molecular weight is 203 g/mol. The molecule has 1 saturated heterocycles. The Labute approximate surface area is 85.9 Å². The van der Waals surface area contributed by atoms with Gasteiger partial charge in [0, 0.05) is 27.4 Å². The number of methoxy groups -OCH3 is 2.